The Kier molecular flexibility index (Phi) is 6.73. The molecule has 0 aromatic heterocycles. The van der Waals surface area contributed by atoms with Crippen LogP contribution in [0.1, 0.15) is 11.1 Å². The third-order valence-electron chi connectivity index (χ3n) is 3.05. The molecule has 0 atom stereocenters. The number of carbonyl (C=O) groups excluding carboxylic acids is 2. The van der Waals surface area contributed by atoms with E-state index in [1.165, 1.54) is 48.6 Å². The van der Waals surface area contributed by atoms with E-state index in [0.717, 1.165) is 12.2 Å². The molecule has 0 aliphatic rings. The van der Waals surface area contributed by atoms with Crippen molar-refractivity contribution in [1.82, 2.24) is 0 Å². The number of carbonyl (C=O) groups is 2. The van der Waals surface area contributed by atoms with Gasteiger partial charge in [0.2, 0.25) is 0 Å². The molecule has 0 aliphatic heterocycles. The highest BCUT2D eigenvalue weighted by Crippen LogP contribution is 2.26. The number of rotatable bonds is 6. The summed E-state index contributed by atoms with van der Waals surface area (Å²) in [6, 6.07) is 7.96. The van der Waals surface area contributed by atoms with Crippen molar-refractivity contribution in [2.45, 2.75) is 0 Å². The number of hydrogen-bond donors (Lipinski definition) is 4. The van der Waals surface area contributed by atoms with Crippen LogP contribution in [0.4, 0.5) is 0 Å². The minimum absolute atomic E-state index is 0.171. The van der Waals surface area contributed by atoms with Gasteiger partial charge in [-0.05, 0) is 47.5 Å². The summed E-state index contributed by atoms with van der Waals surface area (Å²) in [5.41, 5.74) is 0.897. The van der Waals surface area contributed by atoms with Crippen LogP contribution in [0.2, 0.25) is 0 Å². The Morgan fingerprint density at radius 2 is 1.11 bits per heavy atom. The Morgan fingerprint density at radius 1 is 0.704 bits per heavy atom. The van der Waals surface area contributed by atoms with E-state index in [9.17, 15) is 30.0 Å². The van der Waals surface area contributed by atoms with Crippen LogP contribution >= 0.6 is 12.3 Å². The van der Waals surface area contributed by atoms with Crippen LogP contribution in [0.15, 0.2) is 48.6 Å². The molecule has 2 aromatic carbocycles. The smallest absolute Gasteiger partial charge is 0.345 e. The van der Waals surface area contributed by atoms with Gasteiger partial charge in [-0.1, -0.05) is 12.1 Å². The third-order valence-corrected chi connectivity index (χ3v) is 3.52. The zero-order valence-electron chi connectivity index (χ0n) is 13.6. The van der Waals surface area contributed by atoms with Crippen molar-refractivity contribution in [3.05, 3.63) is 59.7 Å². The molecule has 140 valence electrons. The van der Waals surface area contributed by atoms with Gasteiger partial charge in [0.1, 0.15) is 0 Å². The molecule has 9 heteroatoms. The van der Waals surface area contributed by atoms with Gasteiger partial charge in [-0.15, -0.1) is 0 Å². The summed E-state index contributed by atoms with van der Waals surface area (Å²) >= 11 is 0.171. The number of aromatic hydroxyl groups is 4. The highest BCUT2D eigenvalue weighted by molar-refractivity contribution is 7.90. The number of phenolic OH excluding ortho intramolecular Hbond substituents is 4. The minimum Gasteiger partial charge on any atom is -0.504 e. The SMILES string of the molecule is O=C(/C=C/c1ccc(O)c(O)c1)OSOC(=O)/C=C/c1ccc(O)c(O)c1. The van der Waals surface area contributed by atoms with Gasteiger partial charge in [-0.3, -0.25) is 0 Å². The van der Waals surface area contributed by atoms with Crippen molar-refractivity contribution in [3.63, 3.8) is 0 Å². The average molecular weight is 390 g/mol. The Balaban J connectivity index is 1.77. The predicted molar refractivity (Wildman–Crippen MR) is 97.4 cm³/mol. The van der Waals surface area contributed by atoms with Crippen molar-refractivity contribution >= 4 is 36.4 Å². The van der Waals surface area contributed by atoms with Gasteiger partial charge in [0.15, 0.2) is 23.0 Å². The van der Waals surface area contributed by atoms with Gasteiger partial charge in [0, 0.05) is 12.2 Å². The van der Waals surface area contributed by atoms with Gasteiger partial charge in [-0.2, -0.15) is 0 Å². The highest BCUT2D eigenvalue weighted by atomic mass is 32.2. The van der Waals surface area contributed by atoms with E-state index in [4.69, 9.17) is 0 Å². The fraction of sp³-hybridized carbons (Fsp3) is 0. The normalized spacial score (nSPS) is 11.0. The molecule has 0 fully saturated rings. The molecular weight excluding hydrogens is 376 g/mol. The second-order valence-corrected chi connectivity index (χ2v) is 5.51. The molecule has 2 aromatic rings. The first-order valence-corrected chi connectivity index (χ1v) is 8.01. The van der Waals surface area contributed by atoms with Crippen LogP contribution in [0, 0.1) is 0 Å². The fourth-order valence-electron chi connectivity index (χ4n) is 1.76. The summed E-state index contributed by atoms with van der Waals surface area (Å²) in [6.45, 7) is 0. The van der Waals surface area contributed by atoms with Gasteiger partial charge < -0.3 is 28.8 Å². The molecule has 0 saturated heterocycles. The number of hydrogen-bond acceptors (Lipinski definition) is 9. The van der Waals surface area contributed by atoms with Crippen molar-refractivity contribution in [2.75, 3.05) is 0 Å². The fourth-order valence-corrected chi connectivity index (χ4v) is 2.04. The Morgan fingerprint density at radius 3 is 1.48 bits per heavy atom. The van der Waals surface area contributed by atoms with Crippen LogP contribution in [0.3, 0.4) is 0 Å². The van der Waals surface area contributed by atoms with Crippen LogP contribution in [-0.4, -0.2) is 32.4 Å². The van der Waals surface area contributed by atoms with E-state index in [-0.39, 0.29) is 35.3 Å². The Labute approximate surface area is 158 Å². The first kappa shape index (κ1) is 19.7. The molecule has 0 aliphatic carbocycles. The largest absolute Gasteiger partial charge is 0.504 e. The predicted octanol–water partition coefficient (Wildman–Crippen LogP) is 2.89. The number of phenols is 4. The van der Waals surface area contributed by atoms with Gasteiger partial charge in [-0.25, -0.2) is 9.59 Å². The second kappa shape index (κ2) is 9.20. The van der Waals surface area contributed by atoms with Crippen LogP contribution in [-0.2, 0) is 18.0 Å². The Bertz CT molecular complexity index is 831. The lowest BCUT2D eigenvalue weighted by atomic mass is 10.2. The lowest BCUT2D eigenvalue weighted by Crippen LogP contribution is -1.98. The molecule has 0 bridgehead atoms. The van der Waals surface area contributed by atoms with Gasteiger partial charge >= 0.3 is 11.9 Å². The lowest BCUT2D eigenvalue weighted by molar-refractivity contribution is -0.130. The maximum absolute atomic E-state index is 11.5. The second-order valence-electron chi connectivity index (χ2n) is 5.04. The summed E-state index contributed by atoms with van der Waals surface area (Å²) in [4.78, 5) is 23.0. The minimum atomic E-state index is -0.812. The first-order valence-electron chi connectivity index (χ1n) is 7.34. The van der Waals surface area contributed by atoms with Crippen LogP contribution < -0.4 is 0 Å². The topological polar surface area (TPSA) is 134 Å². The first-order chi connectivity index (χ1) is 12.8. The maximum atomic E-state index is 11.5. The van der Waals surface area contributed by atoms with Crippen LogP contribution in [0.25, 0.3) is 12.2 Å². The molecule has 2 rings (SSSR count). The van der Waals surface area contributed by atoms with E-state index in [1.54, 1.807) is 0 Å². The molecule has 0 unspecified atom stereocenters. The Hall–Kier alpha value is -3.59. The molecule has 0 heterocycles. The third kappa shape index (κ3) is 6.33. The standard InChI is InChI=1S/C18H14O8S/c19-13-5-1-11(9-15(13)21)3-7-17(23)25-27-26-18(24)8-4-12-2-6-14(20)16(22)10-12/h1-10,19-22H/b7-3+,8-4+. The van der Waals surface area contributed by atoms with Gasteiger partial charge in [0.25, 0.3) is 12.3 Å². The summed E-state index contributed by atoms with van der Waals surface area (Å²) in [7, 11) is 0. The van der Waals surface area contributed by atoms with E-state index in [1.807, 2.05) is 0 Å². The summed E-state index contributed by atoms with van der Waals surface area (Å²) in [5, 5.41) is 37.0. The van der Waals surface area contributed by atoms with Crippen molar-refractivity contribution < 1.29 is 38.4 Å². The molecule has 0 spiro atoms. The summed E-state index contributed by atoms with van der Waals surface area (Å²) in [6.07, 6.45) is 4.76. The van der Waals surface area contributed by atoms with Crippen molar-refractivity contribution in [1.29, 1.82) is 0 Å². The molecule has 0 amide bonds. The quantitative estimate of drug-likeness (QED) is 0.334. The molecule has 8 nitrogen and oxygen atoms in total. The average Bonchev–Trinajstić information content (AvgIpc) is 2.63. The lowest BCUT2D eigenvalue weighted by Gasteiger charge is -2.00. The summed E-state index contributed by atoms with van der Waals surface area (Å²) in [5.74, 6) is -2.86. The number of benzene rings is 2. The zero-order chi connectivity index (χ0) is 19.8. The molecule has 4 N–H and O–H groups in total. The molecule has 0 radical (unpaired) electrons. The van der Waals surface area contributed by atoms with Crippen molar-refractivity contribution in [3.8, 4) is 23.0 Å². The van der Waals surface area contributed by atoms with E-state index in [2.05, 4.69) is 8.37 Å². The maximum Gasteiger partial charge on any atom is 0.345 e. The molecule has 0 saturated carbocycles. The monoisotopic (exact) mass is 390 g/mol. The molecule has 27 heavy (non-hydrogen) atoms. The van der Waals surface area contributed by atoms with Crippen LogP contribution in [0.5, 0.6) is 23.0 Å². The van der Waals surface area contributed by atoms with Gasteiger partial charge in [0.05, 0.1) is 0 Å². The zero-order valence-corrected chi connectivity index (χ0v) is 14.4. The van der Waals surface area contributed by atoms with Crippen molar-refractivity contribution in [2.24, 2.45) is 0 Å². The van der Waals surface area contributed by atoms with E-state index >= 15 is 0 Å². The van der Waals surface area contributed by atoms with E-state index < -0.39 is 11.9 Å². The van der Waals surface area contributed by atoms with E-state index in [0.29, 0.717) is 11.1 Å². The highest BCUT2D eigenvalue weighted by Gasteiger charge is 2.05. The summed E-state index contributed by atoms with van der Waals surface area (Å²) < 4.78 is 9.21. The molecular formula is C18H14O8S.